The number of pyridine rings is 4. The normalized spacial score (nSPS) is 10.1. The quantitative estimate of drug-likeness (QED) is 0.0161. The number of aromatic carboxylic acids is 1. The molecule has 0 saturated carbocycles. The van der Waals surface area contributed by atoms with E-state index in [2.05, 4.69) is 158 Å². The van der Waals surface area contributed by atoms with Crippen LogP contribution in [0.2, 0.25) is 5.15 Å². The maximum atomic E-state index is 12.6. The molecule has 0 atom stereocenters. The van der Waals surface area contributed by atoms with Crippen LogP contribution in [0.25, 0.3) is 66.1 Å². The number of benzene rings is 3. The smallest absolute Gasteiger partial charge is 0.478 e. The topological polar surface area (TPSA) is 427 Å². The first-order valence-corrected chi connectivity index (χ1v) is 34.3. The number of hydrogen-bond acceptors (Lipinski definition) is 29. The van der Waals surface area contributed by atoms with E-state index in [0.29, 0.717) is 71.9 Å². The van der Waals surface area contributed by atoms with Crippen LogP contribution in [0.5, 0.6) is 0 Å². The number of carbonyl (C=O) groups is 5. The van der Waals surface area contributed by atoms with Crippen molar-refractivity contribution in [1.82, 2.24) is 90.9 Å². The van der Waals surface area contributed by atoms with Crippen LogP contribution in [0.1, 0.15) is 91.4 Å². The molecule has 0 aliphatic rings. The maximum absolute atomic E-state index is 12.6. The number of carbonyl (C=O) groups excluding carboxylic acids is 4. The molecule has 0 bridgehead atoms. The molecule has 14 aromatic rings. The Labute approximate surface area is 673 Å². The van der Waals surface area contributed by atoms with E-state index in [1.54, 1.807) is 77.9 Å². The van der Waals surface area contributed by atoms with Gasteiger partial charge in [0, 0.05) is 94.3 Å². The molecule has 0 radical (unpaired) electrons. The Kier molecular flexibility index (Phi) is 34.6. The molecule has 0 unspecified atom stereocenters. The number of esters is 3. The van der Waals surface area contributed by atoms with Gasteiger partial charge in [-0.25, -0.2) is 39.1 Å². The molecule has 3 aromatic carbocycles. The molecule has 14 rings (SSSR count). The summed E-state index contributed by atoms with van der Waals surface area (Å²) < 4.78 is 42.8. The van der Waals surface area contributed by atoms with Crippen molar-refractivity contribution in [2.24, 2.45) is 0 Å². The fourth-order valence-electron chi connectivity index (χ4n) is 9.72. The molecule has 11 heterocycles. The number of carboxylic acid groups (broad SMARTS) is 1. The average Bonchev–Trinajstić information content (AvgIpc) is 0.797. The average molecular weight is 1720 g/mol. The molecule has 0 aliphatic carbocycles. The largest absolute Gasteiger partial charge is 1.00 e. The van der Waals surface area contributed by atoms with Gasteiger partial charge in [0.1, 0.15) is 3.70 Å². The zero-order valence-corrected chi connectivity index (χ0v) is 66.1. The number of ether oxygens (including phenoxy) is 3. The van der Waals surface area contributed by atoms with E-state index >= 15 is 0 Å². The minimum absolute atomic E-state index is 0. The second-order valence-corrected chi connectivity index (χ2v) is 24.5. The zero-order chi connectivity index (χ0) is 81.6. The van der Waals surface area contributed by atoms with E-state index in [4.69, 9.17) is 22.4 Å². The van der Waals surface area contributed by atoms with Crippen LogP contribution in [0.4, 0.5) is 36.4 Å². The minimum atomic E-state index is -3.08. The molecular weight excluding hydrogens is 1650 g/mol. The number of methoxy groups -OCH3 is 3. The second-order valence-electron chi connectivity index (χ2n) is 23.0. The summed E-state index contributed by atoms with van der Waals surface area (Å²) >= 11 is 7.44. The van der Waals surface area contributed by atoms with Gasteiger partial charge in [-0.1, -0.05) is 48.0 Å². The van der Waals surface area contributed by atoms with Crippen molar-refractivity contribution < 1.29 is 73.5 Å². The van der Waals surface area contributed by atoms with Crippen LogP contribution in [0.15, 0.2) is 171 Å². The Morgan fingerprint density at radius 3 is 1.31 bits per heavy atom. The molecule has 1 amide bonds. The van der Waals surface area contributed by atoms with Crippen LogP contribution in [-0.4, -0.2) is 161 Å². The molecule has 37 heteroatoms. The first-order chi connectivity index (χ1) is 53.6. The summed E-state index contributed by atoms with van der Waals surface area (Å²) in [6.45, 7) is 10.2. The summed E-state index contributed by atoms with van der Waals surface area (Å²) in [5.41, 5.74) is 22.6. The number of carboxylic acids is 1. The van der Waals surface area contributed by atoms with Crippen molar-refractivity contribution in [3.05, 3.63) is 254 Å². The number of halogens is 5. The maximum Gasteiger partial charge on any atom is 1.00 e. The summed E-state index contributed by atoms with van der Waals surface area (Å²) in [4.78, 5) is 90.7. The van der Waals surface area contributed by atoms with E-state index in [1.807, 2.05) is 98.0 Å². The van der Waals surface area contributed by atoms with Crippen molar-refractivity contribution in [2.45, 2.75) is 48.5 Å². The fraction of sp³-hybridized carbons (Fsp3) is 0.158. The van der Waals surface area contributed by atoms with Crippen molar-refractivity contribution in [2.75, 3.05) is 57.1 Å². The SMILES string of the molecule is CNc1ncc2cc(-c3cc(N)ccc3C)c(C)nc2n1.CNc1ncc2cc(-c3cc(NC(=O)c4cnnc(C)c4)ccc3C)c(C)nc2n1.COC(=O)c1cnnc(C)c1.COC(=O)c1cnnc(Cl)c1.COC(=O)c1cnnc(I)c1.Cc1cc(C(=O)O)cnn1.F[C-](F)F.[Cu+].c1cnc2c(c1)ccc1cccnc12. The van der Waals surface area contributed by atoms with Crippen LogP contribution in [0.3, 0.4) is 0 Å². The number of aromatic nitrogens is 18. The van der Waals surface area contributed by atoms with Crippen LogP contribution >= 0.6 is 34.2 Å². The van der Waals surface area contributed by atoms with Crippen molar-refractivity contribution in [3.8, 4) is 22.3 Å². The fourth-order valence-corrected chi connectivity index (χ4v) is 10.3. The van der Waals surface area contributed by atoms with Crippen molar-refractivity contribution in [3.63, 3.8) is 0 Å². The number of nitrogens with two attached hydrogens (primary N) is 1. The van der Waals surface area contributed by atoms with E-state index < -0.39 is 24.6 Å². The second kappa shape index (κ2) is 44.0. The van der Waals surface area contributed by atoms with Gasteiger partial charge in [0.2, 0.25) is 11.9 Å². The molecule has 0 saturated heterocycles. The van der Waals surface area contributed by atoms with Gasteiger partial charge in [-0.05, 0) is 172 Å². The van der Waals surface area contributed by atoms with Gasteiger partial charge in [0.15, 0.2) is 23.1 Å². The molecule has 31 nitrogen and oxygen atoms in total. The van der Waals surface area contributed by atoms with Crippen LogP contribution in [-0.2, 0) is 31.3 Å². The standard InChI is InChI=1S/C22H21N7O.C16H17N5.C12H8N2.C7H8N2O2.C6H5ClN2O2.C6H5IN2O2.C6H6N2O2.CF3.Cu/c1-12-5-6-17(27-21(30)16-7-13(2)29-25-11-16)9-18(12)19-8-15-10-24-22(23-4)28-20(15)26-14(19)3;1-9-4-5-12(17)7-13(9)14-6-11-8-19-16(18-3)21-15(11)20-10(14)2;1-3-9-5-6-10-4-2-8-14-12(10)11(9)13-7-1;1-5-3-6(4-8-9-5)7(10)11-2;2*1-11-6(10)4-2-5(7)9-8-3-4;1-4-2-5(6(9)10)3-7-8-4;2-1(3)4;/h5-11H,1-4H3,(H,27,30)(H,23,24,26,28);4-8H,17H2,1-3H3,(H,18,19,20,21);1-8H;3-4H,1-2H3;2*2-3H,1H3;2-3H,1H3,(H,9,10);;/q;;;;;;;-1;+1. The number of nitrogens with zero attached hydrogens (tertiary/aromatic N) is 18. The Balaban J connectivity index is 0.000000212. The number of nitrogen functional groups attached to an aromatic ring is 1. The summed E-state index contributed by atoms with van der Waals surface area (Å²) in [5.74, 6) is -1.35. The van der Waals surface area contributed by atoms with Gasteiger partial charge in [-0.3, -0.25) is 14.8 Å². The van der Waals surface area contributed by atoms with E-state index in [1.165, 1.54) is 70.0 Å². The number of amides is 1. The number of fused-ring (bicyclic) bond motifs is 5. The first-order valence-electron chi connectivity index (χ1n) is 32.8. The molecule has 11 aromatic heterocycles. The van der Waals surface area contributed by atoms with E-state index in [9.17, 15) is 37.1 Å². The number of nitrogens with one attached hydrogen (secondary N) is 3. The van der Waals surface area contributed by atoms with Crippen LogP contribution < -0.4 is 21.7 Å². The Bertz CT molecular complexity index is 5470. The molecule has 0 aliphatic heterocycles. The third kappa shape index (κ3) is 26.9. The van der Waals surface area contributed by atoms with Gasteiger partial charge in [0.25, 0.3) is 5.91 Å². The number of hydrogen-bond donors (Lipinski definition) is 5. The van der Waals surface area contributed by atoms with Gasteiger partial charge >= 0.3 is 40.9 Å². The number of aryl methyl sites for hydroxylation is 7. The Morgan fingerprint density at radius 2 is 0.876 bits per heavy atom. The first kappa shape index (κ1) is 88.8. The van der Waals surface area contributed by atoms with Crippen molar-refractivity contribution in [1.29, 1.82) is 0 Å². The monoisotopic (exact) mass is 1720 g/mol. The summed E-state index contributed by atoms with van der Waals surface area (Å²) in [6, 6.07) is 35.7. The van der Waals surface area contributed by atoms with E-state index in [0.717, 1.165) is 77.5 Å². The van der Waals surface area contributed by atoms with Gasteiger partial charge in [-0.2, -0.15) is 50.8 Å². The van der Waals surface area contributed by atoms with Crippen molar-refractivity contribution >= 4 is 131 Å². The predicted molar refractivity (Wildman–Crippen MR) is 423 cm³/mol. The van der Waals surface area contributed by atoms with E-state index in [-0.39, 0.29) is 39.7 Å². The summed E-state index contributed by atoms with van der Waals surface area (Å²) in [7, 11) is 7.51. The van der Waals surface area contributed by atoms with Gasteiger partial charge in [0.05, 0.1) is 108 Å². The third-order valence-corrected chi connectivity index (χ3v) is 15.7. The molecule has 0 fully saturated rings. The zero-order valence-electron chi connectivity index (χ0n) is 62.2. The summed E-state index contributed by atoms with van der Waals surface area (Å²) in [5, 5.41) is 57.8. The Hall–Kier alpha value is -13.1. The number of rotatable bonds is 10. The predicted octanol–water partition coefficient (Wildman–Crippen LogP) is 13.6. The van der Waals surface area contributed by atoms with Gasteiger partial charge < -0.3 is 54.2 Å². The molecule has 584 valence electrons. The number of anilines is 4. The third-order valence-electron chi connectivity index (χ3n) is 15.0. The Morgan fingerprint density at radius 1 is 0.469 bits per heavy atom. The molecule has 113 heavy (non-hydrogen) atoms. The van der Waals surface area contributed by atoms with Crippen LogP contribution in [0, 0.1) is 58.8 Å². The molecule has 6 N–H and O–H groups in total. The van der Waals surface area contributed by atoms with Gasteiger partial charge in [-0.15, -0.1) is 10.2 Å². The minimum Gasteiger partial charge on any atom is -0.478 e. The summed E-state index contributed by atoms with van der Waals surface area (Å²) in [6.07, 6.45) is 13.8. The molecular formula is C76H70ClCuF3IN22O9. The molecule has 0 spiro atoms.